The Kier molecular flexibility index (Phi) is 5.89. The van der Waals surface area contributed by atoms with Crippen molar-refractivity contribution in [3.63, 3.8) is 0 Å². The zero-order valence-corrected chi connectivity index (χ0v) is 19.4. The van der Waals surface area contributed by atoms with Crippen LogP contribution in [-0.4, -0.2) is 46.4 Å². The van der Waals surface area contributed by atoms with Crippen LogP contribution in [0.15, 0.2) is 67.3 Å². The third-order valence-electron chi connectivity index (χ3n) is 5.84. The minimum atomic E-state index is -0.0766. The molecule has 0 spiro atoms. The number of hydrogen-bond acceptors (Lipinski definition) is 8. The van der Waals surface area contributed by atoms with E-state index in [-0.39, 0.29) is 18.1 Å². The molecular weight excluding hydrogens is 460 g/mol. The van der Waals surface area contributed by atoms with Crippen molar-refractivity contribution in [2.75, 3.05) is 4.90 Å². The summed E-state index contributed by atoms with van der Waals surface area (Å²) in [6.07, 6.45) is 5.52. The number of carbonyl (C=O) groups excluding carboxylic acids is 3. The van der Waals surface area contributed by atoms with Crippen LogP contribution in [0.5, 0.6) is 0 Å². The zero-order chi connectivity index (χ0) is 25.2. The summed E-state index contributed by atoms with van der Waals surface area (Å²) in [6.45, 7) is 4.60. The van der Waals surface area contributed by atoms with E-state index >= 15 is 0 Å². The van der Waals surface area contributed by atoms with Crippen molar-refractivity contribution in [3.8, 4) is 22.8 Å². The highest BCUT2D eigenvalue weighted by Gasteiger charge is 2.30. The summed E-state index contributed by atoms with van der Waals surface area (Å²) >= 11 is 0. The second-order valence-corrected chi connectivity index (χ2v) is 8.33. The van der Waals surface area contributed by atoms with Gasteiger partial charge in [-0.05, 0) is 43.7 Å². The fraction of sp³-hybridized carbons (Fsp3) is 0.160. The summed E-state index contributed by atoms with van der Waals surface area (Å²) in [5.41, 5.74) is 4.76. The van der Waals surface area contributed by atoms with Gasteiger partial charge in [-0.15, -0.1) is 10.2 Å². The van der Waals surface area contributed by atoms with Gasteiger partial charge >= 0.3 is 6.15 Å². The minimum Gasteiger partial charge on any atom is -0.310 e. The van der Waals surface area contributed by atoms with Gasteiger partial charge in [-0.2, -0.15) is 14.7 Å². The van der Waals surface area contributed by atoms with Crippen LogP contribution >= 0.6 is 0 Å². The number of carbonyl (C=O) groups is 1. The molecule has 1 aliphatic heterocycles. The van der Waals surface area contributed by atoms with E-state index in [1.807, 2.05) is 59.3 Å². The number of rotatable bonds is 4. The van der Waals surface area contributed by atoms with Crippen molar-refractivity contribution >= 4 is 23.5 Å². The maximum absolute atomic E-state index is 13.3. The fourth-order valence-corrected chi connectivity index (χ4v) is 4.12. The predicted molar refractivity (Wildman–Crippen MR) is 128 cm³/mol. The van der Waals surface area contributed by atoms with Crippen LogP contribution in [0.2, 0.25) is 0 Å². The highest BCUT2D eigenvalue weighted by Crippen LogP contribution is 2.31. The average molecular weight is 480 g/mol. The van der Waals surface area contributed by atoms with E-state index in [2.05, 4.69) is 34.1 Å². The Morgan fingerprint density at radius 3 is 2.64 bits per heavy atom. The molecule has 0 radical (unpaired) electrons. The lowest BCUT2D eigenvalue weighted by Crippen LogP contribution is -2.24. The van der Waals surface area contributed by atoms with Gasteiger partial charge in [-0.1, -0.05) is 18.2 Å². The van der Waals surface area contributed by atoms with E-state index in [4.69, 9.17) is 14.6 Å². The molecule has 1 aromatic carbocycles. The quantitative estimate of drug-likeness (QED) is 0.384. The molecule has 0 bridgehead atoms. The Morgan fingerprint density at radius 2 is 1.83 bits per heavy atom. The summed E-state index contributed by atoms with van der Waals surface area (Å²) in [7, 11) is 0. The third-order valence-corrected chi connectivity index (χ3v) is 5.84. The first-order chi connectivity index (χ1) is 17.5. The molecule has 0 N–H and O–H groups in total. The molecule has 36 heavy (non-hydrogen) atoms. The highest BCUT2D eigenvalue weighted by molar-refractivity contribution is 6.10. The second kappa shape index (κ2) is 9.32. The summed E-state index contributed by atoms with van der Waals surface area (Å²) in [4.78, 5) is 40.7. The molecule has 0 atom stereocenters. The summed E-state index contributed by atoms with van der Waals surface area (Å²) in [6, 6.07) is 15.5. The normalized spacial score (nSPS) is 12.4. The van der Waals surface area contributed by atoms with Gasteiger partial charge in [0.25, 0.3) is 5.91 Å². The number of hydrogen-bond donors (Lipinski definition) is 0. The monoisotopic (exact) mass is 480 g/mol. The van der Waals surface area contributed by atoms with Crippen molar-refractivity contribution in [2.45, 2.75) is 26.4 Å². The lowest BCUT2D eigenvalue weighted by atomic mass is 10.0. The molecule has 5 aromatic rings. The lowest BCUT2D eigenvalue weighted by Gasteiger charge is -2.16. The van der Waals surface area contributed by atoms with Crippen molar-refractivity contribution < 1.29 is 14.4 Å². The van der Waals surface area contributed by atoms with Crippen molar-refractivity contribution in [2.24, 2.45) is 0 Å². The standard InChI is InChI=1S/C24H20N8O.CO2/c1-15(2)31-14-25-29-23(31)20-4-3-5-21(28-20)30-13-17-7-6-16(12-18(17)24(30)33)19-9-11-32-22(27-19)8-10-26-32;2-1-3/h3-12,14-15H,13H2,1-2H3;. The SMILES string of the molecule is CC(C)n1cnnc1-c1cccc(N2Cc3ccc(-c4ccn5nccc5n4)cc3C2=O)n1.O=C=O. The summed E-state index contributed by atoms with van der Waals surface area (Å²) in [5, 5.41) is 12.4. The molecule has 0 fully saturated rings. The molecule has 0 unspecified atom stereocenters. The van der Waals surface area contributed by atoms with Crippen LogP contribution in [-0.2, 0) is 16.1 Å². The second-order valence-electron chi connectivity index (χ2n) is 8.33. The van der Waals surface area contributed by atoms with Gasteiger partial charge < -0.3 is 4.57 Å². The summed E-state index contributed by atoms with van der Waals surface area (Å²) in [5.74, 6) is 1.19. The number of pyridine rings is 1. The highest BCUT2D eigenvalue weighted by atomic mass is 16.2. The largest absolute Gasteiger partial charge is 0.373 e. The Balaban J connectivity index is 0.000000848. The number of fused-ring (bicyclic) bond motifs is 2. The zero-order valence-electron chi connectivity index (χ0n) is 19.4. The Bertz CT molecular complexity index is 1610. The van der Waals surface area contributed by atoms with E-state index in [1.54, 1.807) is 21.9 Å². The van der Waals surface area contributed by atoms with Gasteiger partial charge in [0.1, 0.15) is 17.8 Å². The van der Waals surface area contributed by atoms with Gasteiger partial charge in [-0.3, -0.25) is 9.69 Å². The van der Waals surface area contributed by atoms with E-state index in [0.717, 1.165) is 22.5 Å². The lowest BCUT2D eigenvalue weighted by molar-refractivity contribution is -0.191. The topological polar surface area (TPSA) is 128 Å². The minimum absolute atomic E-state index is 0.0766. The number of benzene rings is 1. The van der Waals surface area contributed by atoms with Gasteiger partial charge in [0.05, 0.1) is 18.4 Å². The van der Waals surface area contributed by atoms with Crippen LogP contribution in [0, 0.1) is 0 Å². The van der Waals surface area contributed by atoms with Crippen molar-refractivity contribution in [1.82, 2.24) is 34.3 Å². The number of aromatic nitrogens is 7. The van der Waals surface area contributed by atoms with Gasteiger partial charge in [-0.25, -0.2) is 14.5 Å². The molecule has 11 nitrogen and oxygen atoms in total. The molecule has 11 heteroatoms. The van der Waals surface area contributed by atoms with Crippen molar-refractivity contribution in [3.05, 3.63) is 78.4 Å². The molecule has 4 aromatic heterocycles. The number of amides is 1. The van der Waals surface area contributed by atoms with Crippen LogP contribution < -0.4 is 4.90 Å². The molecule has 0 saturated carbocycles. The third kappa shape index (κ3) is 4.04. The Labute approximate surface area is 205 Å². The molecule has 1 aliphatic rings. The van der Waals surface area contributed by atoms with E-state index in [1.165, 1.54) is 0 Å². The van der Waals surface area contributed by atoms with Gasteiger partial charge in [0.2, 0.25) is 0 Å². The first-order valence-electron chi connectivity index (χ1n) is 11.1. The van der Waals surface area contributed by atoms with Crippen LogP contribution in [0.25, 0.3) is 28.4 Å². The smallest absolute Gasteiger partial charge is 0.310 e. The molecule has 178 valence electrons. The molecule has 0 aliphatic carbocycles. The van der Waals surface area contributed by atoms with E-state index in [9.17, 15) is 4.79 Å². The van der Waals surface area contributed by atoms with Gasteiger partial charge in [0, 0.05) is 29.4 Å². The van der Waals surface area contributed by atoms with Gasteiger partial charge in [0.15, 0.2) is 11.5 Å². The Morgan fingerprint density at radius 1 is 1.00 bits per heavy atom. The molecule has 1 amide bonds. The molecular formula is C25H20N8O3. The fourth-order valence-electron chi connectivity index (χ4n) is 4.12. The average Bonchev–Trinajstić information content (AvgIpc) is 3.63. The van der Waals surface area contributed by atoms with Crippen LogP contribution in [0.3, 0.4) is 0 Å². The Hall–Kier alpha value is -5.02. The van der Waals surface area contributed by atoms with E-state index in [0.29, 0.717) is 29.4 Å². The van der Waals surface area contributed by atoms with Crippen LogP contribution in [0.4, 0.5) is 5.82 Å². The first-order valence-corrected chi connectivity index (χ1v) is 11.1. The summed E-state index contributed by atoms with van der Waals surface area (Å²) < 4.78 is 3.67. The first kappa shape index (κ1) is 22.8. The molecule has 5 heterocycles. The maximum atomic E-state index is 13.3. The van der Waals surface area contributed by atoms with E-state index < -0.39 is 0 Å². The van der Waals surface area contributed by atoms with Crippen LogP contribution in [0.1, 0.15) is 35.8 Å². The predicted octanol–water partition coefficient (Wildman–Crippen LogP) is 3.21. The maximum Gasteiger partial charge on any atom is 0.373 e. The molecule has 6 rings (SSSR count). The number of anilines is 1. The molecule has 0 saturated heterocycles. The van der Waals surface area contributed by atoms with Crippen molar-refractivity contribution in [1.29, 1.82) is 0 Å². The number of nitrogens with zero attached hydrogens (tertiary/aromatic N) is 8.